The van der Waals surface area contributed by atoms with Gasteiger partial charge in [0, 0.05) is 0 Å². The fourth-order valence-corrected chi connectivity index (χ4v) is 1.50. The number of carboxylic acids is 1. The van der Waals surface area contributed by atoms with Gasteiger partial charge in [0.1, 0.15) is 6.04 Å². The number of benzene rings is 1. The average Bonchev–Trinajstić information content (AvgIpc) is 2.26. The molecule has 5 heteroatoms. The molecule has 0 spiro atoms. The maximum absolute atomic E-state index is 10.8. The van der Waals surface area contributed by atoms with E-state index in [0.717, 1.165) is 5.56 Å². The second kappa shape index (κ2) is 4.85. The van der Waals surface area contributed by atoms with Crippen molar-refractivity contribution in [2.75, 3.05) is 14.2 Å². The highest BCUT2D eigenvalue weighted by molar-refractivity contribution is 5.75. The third kappa shape index (κ3) is 2.25. The van der Waals surface area contributed by atoms with Gasteiger partial charge in [-0.05, 0) is 30.2 Å². The van der Waals surface area contributed by atoms with Crippen LogP contribution in [0.1, 0.15) is 17.2 Å². The van der Waals surface area contributed by atoms with Crippen molar-refractivity contribution in [2.45, 2.75) is 13.0 Å². The van der Waals surface area contributed by atoms with Gasteiger partial charge in [-0.15, -0.1) is 0 Å². The number of methoxy groups -OCH3 is 2. The molecule has 0 aliphatic carbocycles. The van der Waals surface area contributed by atoms with Gasteiger partial charge in [0.05, 0.1) is 14.2 Å². The molecule has 0 aliphatic heterocycles. The summed E-state index contributed by atoms with van der Waals surface area (Å²) in [4.78, 5) is 10.8. The van der Waals surface area contributed by atoms with Crippen LogP contribution in [0.3, 0.4) is 0 Å². The second-order valence-corrected chi connectivity index (χ2v) is 3.39. The average molecular weight is 225 g/mol. The molecule has 1 aromatic carbocycles. The molecule has 5 nitrogen and oxygen atoms in total. The van der Waals surface area contributed by atoms with E-state index in [1.165, 1.54) is 14.2 Å². The largest absolute Gasteiger partial charge is 0.493 e. The van der Waals surface area contributed by atoms with E-state index in [9.17, 15) is 4.79 Å². The van der Waals surface area contributed by atoms with Crippen LogP contribution in [-0.2, 0) is 4.79 Å². The second-order valence-electron chi connectivity index (χ2n) is 3.39. The molecule has 88 valence electrons. The zero-order valence-electron chi connectivity index (χ0n) is 9.48. The lowest BCUT2D eigenvalue weighted by atomic mass is 10.0. The normalized spacial score (nSPS) is 12.0. The van der Waals surface area contributed by atoms with E-state index in [1.807, 2.05) is 0 Å². The third-order valence-corrected chi connectivity index (χ3v) is 2.31. The molecule has 16 heavy (non-hydrogen) atoms. The molecule has 0 radical (unpaired) electrons. The van der Waals surface area contributed by atoms with E-state index >= 15 is 0 Å². The van der Waals surface area contributed by atoms with Crippen LogP contribution in [-0.4, -0.2) is 25.3 Å². The minimum Gasteiger partial charge on any atom is -0.493 e. The predicted molar refractivity (Wildman–Crippen MR) is 58.8 cm³/mol. The molecule has 1 atom stereocenters. The minimum absolute atomic E-state index is 0.481. The summed E-state index contributed by atoms with van der Waals surface area (Å²) in [6.07, 6.45) is 0. The molecule has 0 saturated carbocycles. The fourth-order valence-electron chi connectivity index (χ4n) is 1.50. The van der Waals surface area contributed by atoms with Crippen LogP contribution in [0.25, 0.3) is 0 Å². The topological polar surface area (TPSA) is 81.8 Å². The summed E-state index contributed by atoms with van der Waals surface area (Å²) >= 11 is 0. The zero-order valence-corrected chi connectivity index (χ0v) is 9.48. The number of aryl methyl sites for hydroxylation is 1. The number of ether oxygens (including phenoxy) is 2. The van der Waals surface area contributed by atoms with Gasteiger partial charge >= 0.3 is 5.97 Å². The van der Waals surface area contributed by atoms with Crippen LogP contribution in [0.5, 0.6) is 11.5 Å². The van der Waals surface area contributed by atoms with Crippen molar-refractivity contribution < 1.29 is 19.4 Å². The first-order chi connectivity index (χ1) is 7.51. The monoisotopic (exact) mass is 225 g/mol. The Hall–Kier alpha value is -1.75. The lowest BCUT2D eigenvalue weighted by Crippen LogP contribution is -2.20. The highest BCUT2D eigenvalue weighted by Crippen LogP contribution is 2.33. The summed E-state index contributed by atoms with van der Waals surface area (Å²) in [6.45, 7) is 1.80. The summed E-state index contributed by atoms with van der Waals surface area (Å²) in [7, 11) is 3.02. The van der Waals surface area contributed by atoms with E-state index < -0.39 is 12.0 Å². The first-order valence-electron chi connectivity index (χ1n) is 4.72. The molecule has 0 bridgehead atoms. The number of nitrogens with two attached hydrogens (primary N) is 1. The van der Waals surface area contributed by atoms with Crippen molar-refractivity contribution in [3.63, 3.8) is 0 Å². The minimum atomic E-state index is -1.08. The standard InChI is InChI=1S/C11H15NO4/c1-6-4-7(9(12)11(13)14)5-8(15-2)10(6)16-3/h4-5,9H,12H2,1-3H3,(H,13,14). The van der Waals surface area contributed by atoms with Crippen molar-refractivity contribution in [3.05, 3.63) is 23.3 Å². The van der Waals surface area contributed by atoms with E-state index in [4.69, 9.17) is 20.3 Å². The van der Waals surface area contributed by atoms with Crippen LogP contribution >= 0.6 is 0 Å². The van der Waals surface area contributed by atoms with E-state index in [2.05, 4.69) is 0 Å². The Bertz CT molecular complexity index is 403. The molecular weight excluding hydrogens is 210 g/mol. The molecule has 0 saturated heterocycles. The Morgan fingerprint density at radius 2 is 2.00 bits per heavy atom. The number of rotatable bonds is 4. The lowest BCUT2D eigenvalue weighted by molar-refractivity contribution is -0.138. The summed E-state index contributed by atoms with van der Waals surface area (Å²) < 4.78 is 10.3. The van der Waals surface area contributed by atoms with Gasteiger partial charge in [0.25, 0.3) is 0 Å². The Balaban J connectivity index is 3.25. The Kier molecular flexibility index (Phi) is 3.73. The molecule has 0 fully saturated rings. The molecule has 0 aromatic heterocycles. The summed E-state index contributed by atoms with van der Waals surface area (Å²) in [6, 6.07) is 2.20. The summed E-state index contributed by atoms with van der Waals surface area (Å²) in [5, 5.41) is 8.82. The van der Waals surface area contributed by atoms with Gasteiger partial charge in [-0.3, -0.25) is 4.79 Å². The van der Waals surface area contributed by atoms with Crippen molar-refractivity contribution in [2.24, 2.45) is 5.73 Å². The quantitative estimate of drug-likeness (QED) is 0.801. The molecule has 1 aromatic rings. The molecule has 3 N–H and O–H groups in total. The van der Waals surface area contributed by atoms with E-state index in [0.29, 0.717) is 17.1 Å². The molecule has 0 heterocycles. The number of aliphatic carboxylic acids is 1. The maximum Gasteiger partial charge on any atom is 0.325 e. The van der Waals surface area contributed by atoms with Crippen LogP contribution in [0.2, 0.25) is 0 Å². The molecule has 1 rings (SSSR count). The zero-order chi connectivity index (χ0) is 12.3. The Morgan fingerprint density at radius 3 is 2.44 bits per heavy atom. The predicted octanol–water partition coefficient (Wildman–Crippen LogP) is 1.10. The summed E-state index contributed by atoms with van der Waals surface area (Å²) in [5.74, 6) is -0.00958. The highest BCUT2D eigenvalue weighted by atomic mass is 16.5. The van der Waals surface area contributed by atoms with Crippen LogP contribution < -0.4 is 15.2 Å². The smallest absolute Gasteiger partial charge is 0.325 e. The van der Waals surface area contributed by atoms with Crippen LogP contribution in [0.15, 0.2) is 12.1 Å². The molecule has 0 amide bonds. The van der Waals surface area contributed by atoms with Crippen LogP contribution in [0, 0.1) is 6.92 Å². The maximum atomic E-state index is 10.8. The van der Waals surface area contributed by atoms with Crippen molar-refractivity contribution in [1.29, 1.82) is 0 Å². The van der Waals surface area contributed by atoms with Gasteiger partial charge in [-0.25, -0.2) is 0 Å². The van der Waals surface area contributed by atoms with E-state index in [1.54, 1.807) is 19.1 Å². The third-order valence-electron chi connectivity index (χ3n) is 2.31. The number of hydrogen-bond acceptors (Lipinski definition) is 4. The summed E-state index contributed by atoms with van der Waals surface area (Å²) in [5.41, 5.74) is 6.80. The molecule has 0 aliphatic rings. The van der Waals surface area contributed by atoms with Gasteiger partial charge < -0.3 is 20.3 Å². The molecular formula is C11H15NO4. The first-order valence-corrected chi connectivity index (χ1v) is 4.72. The van der Waals surface area contributed by atoms with Gasteiger partial charge in [0.15, 0.2) is 11.5 Å². The number of carboxylic acid groups (broad SMARTS) is 1. The van der Waals surface area contributed by atoms with Crippen molar-refractivity contribution in [1.82, 2.24) is 0 Å². The number of hydrogen-bond donors (Lipinski definition) is 2. The van der Waals surface area contributed by atoms with Gasteiger partial charge in [-0.1, -0.05) is 0 Å². The fraction of sp³-hybridized carbons (Fsp3) is 0.364. The first kappa shape index (κ1) is 12.3. The van der Waals surface area contributed by atoms with Crippen molar-refractivity contribution >= 4 is 5.97 Å². The SMILES string of the molecule is COc1cc(C(N)C(=O)O)cc(C)c1OC. The number of carbonyl (C=O) groups is 1. The van der Waals surface area contributed by atoms with Crippen molar-refractivity contribution in [3.8, 4) is 11.5 Å². The Morgan fingerprint density at radius 1 is 1.38 bits per heavy atom. The van der Waals surface area contributed by atoms with Gasteiger partial charge in [-0.2, -0.15) is 0 Å². The highest BCUT2D eigenvalue weighted by Gasteiger charge is 2.18. The van der Waals surface area contributed by atoms with E-state index in [-0.39, 0.29) is 0 Å². The lowest BCUT2D eigenvalue weighted by Gasteiger charge is -2.14. The molecule has 1 unspecified atom stereocenters. The van der Waals surface area contributed by atoms with Gasteiger partial charge in [0.2, 0.25) is 0 Å². The Labute approximate surface area is 93.8 Å². The van der Waals surface area contributed by atoms with Crippen LogP contribution in [0.4, 0.5) is 0 Å².